The van der Waals surface area contributed by atoms with Crippen molar-refractivity contribution in [1.82, 2.24) is 5.32 Å². The van der Waals surface area contributed by atoms with Gasteiger partial charge >= 0.3 is 0 Å². The van der Waals surface area contributed by atoms with Gasteiger partial charge in [0.2, 0.25) is 0 Å². The monoisotopic (exact) mass is 337 g/mol. The van der Waals surface area contributed by atoms with Crippen LogP contribution in [0.3, 0.4) is 0 Å². The molecule has 0 aromatic heterocycles. The van der Waals surface area contributed by atoms with Crippen LogP contribution >= 0.6 is 15.9 Å². The number of nitrogens with one attached hydrogen (secondary N) is 1. The van der Waals surface area contributed by atoms with Crippen molar-refractivity contribution < 1.29 is 9.13 Å². The van der Waals surface area contributed by atoms with E-state index in [0.29, 0.717) is 5.56 Å². The Bertz CT molecular complexity index is 588. The van der Waals surface area contributed by atoms with Crippen LogP contribution < -0.4 is 10.1 Å². The Morgan fingerprint density at radius 1 is 1.20 bits per heavy atom. The molecule has 0 aliphatic heterocycles. The largest absolute Gasteiger partial charge is 0.496 e. The fourth-order valence-electron chi connectivity index (χ4n) is 2.23. The van der Waals surface area contributed by atoms with E-state index in [4.69, 9.17) is 4.74 Å². The maximum absolute atomic E-state index is 14.2. The lowest BCUT2D eigenvalue weighted by Gasteiger charge is -2.21. The molecule has 0 heterocycles. The van der Waals surface area contributed by atoms with Crippen LogP contribution in [-0.2, 0) is 0 Å². The third-order valence-corrected chi connectivity index (χ3v) is 3.62. The van der Waals surface area contributed by atoms with Crippen LogP contribution in [0.5, 0.6) is 5.75 Å². The van der Waals surface area contributed by atoms with Crippen molar-refractivity contribution in [2.75, 3.05) is 13.7 Å². The first-order valence-corrected chi connectivity index (χ1v) is 7.28. The molecule has 0 saturated carbocycles. The predicted molar refractivity (Wildman–Crippen MR) is 82.6 cm³/mol. The summed E-state index contributed by atoms with van der Waals surface area (Å²) in [6.45, 7) is 2.73. The zero-order chi connectivity index (χ0) is 14.5. The molecular formula is C16H17BrFNO. The molecule has 0 aliphatic carbocycles. The molecule has 106 valence electrons. The summed E-state index contributed by atoms with van der Waals surface area (Å²) in [6.07, 6.45) is 0. The van der Waals surface area contributed by atoms with E-state index < -0.39 is 0 Å². The highest BCUT2D eigenvalue weighted by Gasteiger charge is 2.20. The summed E-state index contributed by atoms with van der Waals surface area (Å²) in [5, 5.41) is 3.31. The highest BCUT2D eigenvalue weighted by atomic mass is 79.9. The predicted octanol–water partition coefficient (Wildman–Crippen LogP) is 4.30. The number of hydrogen-bond donors (Lipinski definition) is 1. The number of para-hydroxylation sites is 1. The molecule has 4 heteroatoms. The third-order valence-electron chi connectivity index (χ3n) is 3.13. The lowest BCUT2D eigenvalue weighted by atomic mass is 9.97. The molecule has 0 amide bonds. The summed E-state index contributed by atoms with van der Waals surface area (Å²) in [7, 11) is 1.62. The molecule has 1 N–H and O–H groups in total. The second-order valence-corrected chi connectivity index (χ2v) is 5.31. The van der Waals surface area contributed by atoms with Gasteiger partial charge in [0.1, 0.15) is 11.6 Å². The van der Waals surface area contributed by atoms with Gasteiger partial charge in [-0.1, -0.05) is 47.1 Å². The van der Waals surface area contributed by atoms with Crippen molar-refractivity contribution in [2.45, 2.75) is 13.0 Å². The van der Waals surface area contributed by atoms with Crippen LogP contribution in [0.4, 0.5) is 4.39 Å². The molecular weight excluding hydrogens is 321 g/mol. The molecule has 2 nitrogen and oxygen atoms in total. The zero-order valence-electron chi connectivity index (χ0n) is 11.5. The van der Waals surface area contributed by atoms with Crippen molar-refractivity contribution in [3.63, 3.8) is 0 Å². The van der Waals surface area contributed by atoms with E-state index >= 15 is 0 Å². The molecule has 0 aliphatic rings. The van der Waals surface area contributed by atoms with E-state index in [1.54, 1.807) is 13.2 Å². The highest BCUT2D eigenvalue weighted by molar-refractivity contribution is 9.10. The normalized spacial score (nSPS) is 12.2. The molecule has 2 aromatic carbocycles. The number of hydrogen-bond acceptors (Lipinski definition) is 2. The molecule has 1 atom stereocenters. The Balaban J connectivity index is 2.50. The quantitative estimate of drug-likeness (QED) is 0.878. The Morgan fingerprint density at radius 2 is 1.95 bits per heavy atom. The Labute approximate surface area is 127 Å². The minimum absolute atomic E-state index is 0.232. The summed E-state index contributed by atoms with van der Waals surface area (Å²) in [6, 6.07) is 12.6. The first-order valence-electron chi connectivity index (χ1n) is 6.48. The maximum atomic E-state index is 14.2. The second kappa shape index (κ2) is 6.86. The van der Waals surface area contributed by atoms with Gasteiger partial charge in [-0.3, -0.25) is 0 Å². The lowest BCUT2D eigenvalue weighted by Crippen LogP contribution is -2.23. The summed E-state index contributed by atoms with van der Waals surface area (Å²) in [4.78, 5) is 0. The van der Waals surface area contributed by atoms with Crippen molar-refractivity contribution >= 4 is 15.9 Å². The maximum Gasteiger partial charge on any atom is 0.129 e. The first kappa shape index (κ1) is 15.0. The highest BCUT2D eigenvalue weighted by Crippen LogP contribution is 2.32. The smallest absolute Gasteiger partial charge is 0.129 e. The van der Waals surface area contributed by atoms with Crippen LogP contribution in [0.1, 0.15) is 24.1 Å². The molecule has 0 fully saturated rings. The van der Waals surface area contributed by atoms with E-state index in [9.17, 15) is 4.39 Å². The van der Waals surface area contributed by atoms with Gasteiger partial charge < -0.3 is 10.1 Å². The Kier molecular flexibility index (Phi) is 5.15. The Morgan fingerprint density at radius 3 is 2.60 bits per heavy atom. The van der Waals surface area contributed by atoms with Crippen molar-refractivity contribution in [2.24, 2.45) is 0 Å². The molecule has 2 rings (SSSR count). The summed E-state index contributed by atoms with van der Waals surface area (Å²) in [5.74, 6) is 0.511. The Hall–Kier alpha value is -1.39. The molecule has 2 aromatic rings. The molecule has 20 heavy (non-hydrogen) atoms. The van der Waals surface area contributed by atoms with Gasteiger partial charge in [0.25, 0.3) is 0 Å². The second-order valence-electron chi connectivity index (χ2n) is 4.40. The third kappa shape index (κ3) is 3.19. The molecule has 0 spiro atoms. The number of ether oxygens (including phenoxy) is 1. The minimum atomic E-state index is -0.240. The number of methoxy groups -OCH3 is 1. The van der Waals surface area contributed by atoms with Gasteiger partial charge in [-0.15, -0.1) is 0 Å². The van der Waals surface area contributed by atoms with Crippen LogP contribution in [0, 0.1) is 5.82 Å². The van der Waals surface area contributed by atoms with Crippen LogP contribution in [-0.4, -0.2) is 13.7 Å². The molecule has 0 radical (unpaired) electrons. The van der Waals surface area contributed by atoms with Crippen LogP contribution in [0.25, 0.3) is 0 Å². The average Bonchev–Trinajstić information content (AvgIpc) is 2.45. The van der Waals surface area contributed by atoms with Gasteiger partial charge in [-0.05, 0) is 24.7 Å². The summed E-state index contributed by atoms with van der Waals surface area (Å²) in [5.41, 5.74) is 1.54. The van der Waals surface area contributed by atoms with E-state index in [1.807, 2.05) is 37.3 Å². The fraction of sp³-hybridized carbons (Fsp3) is 0.250. The van der Waals surface area contributed by atoms with Crippen LogP contribution in [0.2, 0.25) is 0 Å². The van der Waals surface area contributed by atoms with Gasteiger partial charge in [-0.2, -0.15) is 0 Å². The van der Waals surface area contributed by atoms with Gasteiger partial charge in [-0.25, -0.2) is 4.39 Å². The van der Waals surface area contributed by atoms with Crippen molar-refractivity contribution in [3.05, 3.63) is 63.9 Å². The first-order chi connectivity index (χ1) is 9.67. The topological polar surface area (TPSA) is 21.3 Å². The lowest BCUT2D eigenvalue weighted by molar-refractivity contribution is 0.403. The fourth-order valence-corrected chi connectivity index (χ4v) is 2.57. The van der Waals surface area contributed by atoms with E-state index in [0.717, 1.165) is 22.3 Å². The standard InChI is InChI=1S/C16H17BrFNO/c1-3-19-16(12-9-8-11(17)10-14(12)18)13-6-4-5-7-15(13)20-2/h4-10,16,19H,3H2,1-2H3. The zero-order valence-corrected chi connectivity index (χ0v) is 13.1. The van der Waals surface area contributed by atoms with Gasteiger partial charge in [0, 0.05) is 15.6 Å². The van der Waals surface area contributed by atoms with Crippen molar-refractivity contribution in [3.8, 4) is 5.75 Å². The number of halogens is 2. The van der Waals surface area contributed by atoms with Gasteiger partial charge in [0.15, 0.2) is 0 Å². The van der Waals surface area contributed by atoms with E-state index in [1.165, 1.54) is 6.07 Å². The number of rotatable bonds is 5. The van der Waals surface area contributed by atoms with Gasteiger partial charge in [0.05, 0.1) is 13.2 Å². The molecule has 1 unspecified atom stereocenters. The molecule has 0 saturated heterocycles. The SMILES string of the molecule is CCNC(c1ccc(Br)cc1F)c1ccccc1OC. The van der Waals surface area contributed by atoms with Crippen molar-refractivity contribution in [1.29, 1.82) is 0 Å². The van der Waals surface area contributed by atoms with E-state index in [2.05, 4.69) is 21.2 Å². The molecule has 0 bridgehead atoms. The van der Waals surface area contributed by atoms with Crippen LogP contribution in [0.15, 0.2) is 46.9 Å². The minimum Gasteiger partial charge on any atom is -0.496 e. The van der Waals surface area contributed by atoms with E-state index in [-0.39, 0.29) is 11.9 Å². The summed E-state index contributed by atoms with van der Waals surface area (Å²) >= 11 is 3.28. The average molecular weight is 338 g/mol. The number of benzene rings is 2. The summed E-state index contributed by atoms with van der Waals surface area (Å²) < 4.78 is 20.4.